The maximum atomic E-state index is 13.9. The summed E-state index contributed by atoms with van der Waals surface area (Å²) in [6, 6.07) is 5.80. The van der Waals surface area contributed by atoms with Crippen molar-refractivity contribution in [3.63, 3.8) is 0 Å². The quantitative estimate of drug-likeness (QED) is 0.755. The molecule has 2 heterocycles. The van der Waals surface area contributed by atoms with E-state index in [1.54, 1.807) is 13.0 Å². The van der Waals surface area contributed by atoms with Crippen LogP contribution in [0.5, 0.6) is 0 Å². The highest BCUT2D eigenvalue weighted by Gasteiger charge is 2.30. The second-order valence-corrected chi connectivity index (χ2v) is 6.81. The topological polar surface area (TPSA) is 101 Å². The van der Waals surface area contributed by atoms with Crippen LogP contribution in [0.2, 0.25) is 0 Å². The number of benzene rings is 1. The summed E-state index contributed by atoms with van der Waals surface area (Å²) in [5.74, 6) is -1.63. The van der Waals surface area contributed by atoms with E-state index in [0.717, 1.165) is 10.8 Å². The van der Waals surface area contributed by atoms with Crippen molar-refractivity contribution in [2.75, 3.05) is 19.7 Å². The van der Waals surface area contributed by atoms with E-state index in [0.29, 0.717) is 32.5 Å². The van der Waals surface area contributed by atoms with Crippen molar-refractivity contribution in [1.29, 1.82) is 0 Å². The first-order valence-corrected chi connectivity index (χ1v) is 9.44. The SMILES string of the molecule is CCOC(=O)C1CCN(C(=O)c2c[nH]c(=O)n(Cc3ccccc3F)c2=O)CC1. The van der Waals surface area contributed by atoms with Crippen LogP contribution < -0.4 is 11.2 Å². The van der Waals surface area contributed by atoms with Gasteiger partial charge in [0.1, 0.15) is 11.4 Å². The van der Waals surface area contributed by atoms with Crippen molar-refractivity contribution in [1.82, 2.24) is 14.5 Å². The number of carbonyl (C=O) groups excluding carboxylic acids is 2. The maximum Gasteiger partial charge on any atom is 0.328 e. The summed E-state index contributed by atoms with van der Waals surface area (Å²) in [6.07, 6.45) is 1.97. The maximum absolute atomic E-state index is 13.9. The molecule has 1 aromatic heterocycles. The molecule has 2 aromatic rings. The highest BCUT2D eigenvalue weighted by atomic mass is 19.1. The van der Waals surface area contributed by atoms with Crippen molar-refractivity contribution in [2.45, 2.75) is 26.3 Å². The van der Waals surface area contributed by atoms with E-state index in [1.165, 1.54) is 23.1 Å². The number of hydrogen-bond acceptors (Lipinski definition) is 5. The van der Waals surface area contributed by atoms with Gasteiger partial charge < -0.3 is 14.6 Å². The molecule has 8 nitrogen and oxygen atoms in total. The third-order valence-electron chi connectivity index (χ3n) is 4.98. The smallest absolute Gasteiger partial charge is 0.328 e. The first-order chi connectivity index (χ1) is 13.9. The number of likely N-dealkylation sites (tertiary alicyclic amines) is 1. The number of nitrogens with zero attached hydrogens (tertiary/aromatic N) is 2. The molecule has 154 valence electrons. The van der Waals surface area contributed by atoms with Crippen LogP contribution in [0.25, 0.3) is 0 Å². The molecule has 3 rings (SSSR count). The van der Waals surface area contributed by atoms with Gasteiger partial charge in [-0.25, -0.2) is 9.18 Å². The fourth-order valence-electron chi connectivity index (χ4n) is 3.35. The molecule has 29 heavy (non-hydrogen) atoms. The van der Waals surface area contributed by atoms with Crippen molar-refractivity contribution in [2.24, 2.45) is 5.92 Å². The minimum absolute atomic E-state index is 0.167. The van der Waals surface area contributed by atoms with E-state index in [2.05, 4.69) is 4.98 Å². The standard InChI is InChI=1S/C20H22FN3O5/c1-2-29-19(27)13-7-9-23(10-8-13)17(25)15-11-22-20(28)24(18(15)26)12-14-5-3-4-6-16(14)21/h3-6,11,13H,2,7-10,12H2,1H3,(H,22,28). The van der Waals surface area contributed by atoms with E-state index in [9.17, 15) is 23.6 Å². The van der Waals surface area contributed by atoms with E-state index in [4.69, 9.17) is 4.74 Å². The Morgan fingerprint density at radius 1 is 1.21 bits per heavy atom. The van der Waals surface area contributed by atoms with Crippen molar-refractivity contribution >= 4 is 11.9 Å². The summed E-state index contributed by atoms with van der Waals surface area (Å²) in [6.45, 7) is 2.35. The van der Waals surface area contributed by atoms with Crippen LogP contribution in [0.1, 0.15) is 35.7 Å². The molecule has 1 N–H and O–H groups in total. The predicted molar refractivity (Wildman–Crippen MR) is 102 cm³/mol. The highest BCUT2D eigenvalue weighted by molar-refractivity contribution is 5.93. The number of nitrogens with one attached hydrogen (secondary N) is 1. The van der Waals surface area contributed by atoms with E-state index < -0.39 is 23.0 Å². The van der Waals surface area contributed by atoms with Gasteiger partial charge in [-0.15, -0.1) is 0 Å². The van der Waals surface area contributed by atoms with Gasteiger partial charge in [0.25, 0.3) is 11.5 Å². The van der Waals surface area contributed by atoms with Crippen LogP contribution in [0.4, 0.5) is 4.39 Å². The fourth-order valence-corrected chi connectivity index (χ4v) is 3.35. The number of hydrogen-bond donors (Lipinski definition) is 1. The van der Waals surface area contributed by atoms with Crippen LogP contribution in [-0.2, 0) is 16.1 Å². The van der Waals surface area contributed by atoms with E-state index in [-0.39, 0.29) is 29.6 Å². The molecular weight excluding hydrogens is 381 g/mol. The first-order valence-electron chi connectivity index (χ1n) is 9.44. The highest BCUT2D eigenvalue weighted by Crippen LogP contribution is 2.19. The summed E-state index contributed by atoms with van der Waals surface area (Å²) in [4.78, 5) is 53.3. The summed E-state index contributed by atoms with van der Waals surface area (Å²) < 4.78 is 19.7. The Morgan fingerprint density at radius 3 is 2.55 bits per heavy atom. The summed E-state index contributed by atoms with van der Waals surface area (Å²) in [7, 11) is 0. The van der Waals surface area contributed by atoms with Gasteiger partial charge in [-0.1, -0.05) is 18.2 Å². The van der Waals surface area contributed by atoms with Gasteiger partial charge >= 0.3 is 11.7 Å². The number of aromatic nitrogens is 2. The zero-order valence-electron chi connectivity index (χ0n) is 16.0. The summed E-state index contributed by atoms with van der Waals surface area (Å²) in [5, 5.41) is 0. The molecule has 1 amide bonds. The largest absolute Gasteiger partial charge is 0.466 e. The number of H-pyrrole nitrogens is 1. The fraction of sp³-hybridized carbons (Fsp3) is 0.400. The van der Waals surface area contributed by atoms with Crippen LogP contribution in [0.3, 0.4) is 0 Å². The van der Waals surface area contributed by atoms with Gasteiger partial charge in [0.05, 0.1) is 19.1 Å². The molecule has 1 saturated heterocycles. The van der Waals surface area contributed by atoms with Gasteiger partial charge in [0.2, 0.25) is 0 Å². The molecule has 0 radical (unpaired) electrons. The number of esters is 1. The van der Waals surface area contributed by atoms with Gasteiger partial charge in [-0.3, -0.25) is 19.0 Å². The molecule has 9 heteroatoms. The zero-order valence-corrected chi connectivity index (χ0v) is 16.0. The lowest BCUT2D eigenvalue weighted by Crippen LogP contribution is -2.45. The minimum atomic E-state index is -0.783. The number of piperidine rings is 1. The second kappa shape index (κ2) is 8.85. The van der Waals surface area contributed by atoms with E-state index in [1.807, 2.05) is 0 Å². The second-order valence-electron chi connectivity index (χ2n) is 6.81. The van der Waals surface area contributed by atoms with Crippen molar-refractivity contribution in [3.05, 3.63) is 68.2 Å². The summed E-state index contributed by atoms with van der Waals surface area (Å²) >= 11 is 0. The Kier molecular flexibility index (Phi) is 6.26. The van der Waals surface area contributed by atoms with Crippen molar-refractivity contribution in [3.8, 4) is 0 Å². The molecule has 1 fully saturated rings. The first kappa shape index (κ1) is 20.5. The monoisotopic (exact) mass is 403 g/mol. The Labute approximate surface area is 165 Å². The molecule has 1 aliphatic heterocycles. The predicted octanol–water partition coefficient (Wildman–Crippen LogP) is 1.14. The van der Waals surface area contributed by atoms with Crippen LogP contribution in [0, 0.1) is 11.7 Å². The number of ether oxygens (including phenoxy) is 1. The molecule has 0 spiro atoms. The molecular formula is C20H22FN3O5. The zero-order chi connectivity index (χ0) is 21.0. The number of halogens is 1. The number of rotatable bonds is 5. The summed E-state index contributed by atoms with van der Waals surface area (Å²) in [5.41, 5.74) is -1.54. The Hall–Kier alpha value is -3.23. The van der Waals surface area contributed by atoms with Gasteiger partial charge in [-0.05, 0) is 25.8 Å². The number of carbonyl (C=O) groups is 2. The molecule has 1 aromatic carbocycles. The third-order valence-corrected chi connectivity index (χ3v) is 4.98. The van der Waals surface area contributed by atoms with Gasteiger partial charge in [-0.2, -0.15) is 0 Å². The number of aromatic amines is 1. The molecule has 0 unspecified atom stereocenters. The van der Waals surface area contributed by atoms with E-state index >= 15 is 0 Å². The number of amides is 1. The van der Waals surface area contributed by atoms with Crippen LogP contribution >= 0.6 is 0 Å². The third kappa shape index (κ3) is 4.44. The average Bonchev–Trinajstić information content (AvgIpc) is 2.72. The lowest BCUT2D eigenvalue weighted by atomic mass is 9.96. The molecule has 0 atom stereocenters. The molecule has 0 aliphatic carbocycles. The van der Waals surface area contributed by atoms with Gasteiger partial charge in [0.15, 0.2) is 0 Å². The van der Waals surface area contributed by atoms with Crippen LogP contribution in [0.15, 0.2) is 40.1 Å². The lowest BCUT2D eigenvalue weighted by Gasteiger charge is -2.30. The average molecular weight is 403 g/mol. The minimum Gasteiger partial charge on any atom is -0.466 e. The van der Waals surface area contributed by atoms with Crippen molar-refractivity contribution < 1.29 is 18.7 Å². The molecule has 0 bridgehead atoms. The lowest BCUT2D eigenvalue weighted by molar-refractivity contribution is -0.149. The van der Waals surface area contributed by atoms with Gasteiger partial charge in [0, 0.05) is 24.8 Å². The Morgan fingerprint density at radius 2 is 1.90 bits per heavy atom. The molecule has 0 saturated carbocycles. The Balaban J connectivity index is 1.79. The Bertz CT molecular complexity index is 1020. The normalized spacial score (nSPS) is 14.6. The molecule has 1 aliphatic rings. The van der Waals surface area contributed by atoms with Crippen LogP contribution in [-0.4, -0.2) is 46.0 Å².